The van der Waals surface area contributed by atoms with Crippen LogP contribution in [0.5, 0.6) is 0 Å². The van der Waals surface area contributed by atoms with Gasteiger partial charge in [-0.25, -0.2) is 0 Å². The number of ether oxygens (including phenoxy) is 2. The van der Waals surface area contributed by atoms with Crippen molar-refractivity contribution in [2.45, 2.75) is 41.6 Å². The van der Waals surface area contributed by atoms with Crippen molar-refractivity contribution in [2.24, 2.45) is 0 Å². The van der Waals surface area contributed by atoms with Gasteiger partial charge >= 0.3 is 0 Å². The molecule has 4 unspecified atom stereocenters. The molecule has 2 fully saturated rings. The first-order valence-electron chi connectivity index (χ1n) is 4.73. The molecule has 2 saturated heterocycles. The molecule has 2 nitrogen and oxygen atoms in total. The molecule has 0 N–H and O–H groups in total. The largest absolute Gasteiger partial charge is 0.339 e. The lowest BCUT2D eigenvalue weighted by molar-refractivity contribution is -0.161. The highest BCUT2D eigenvalue weighted by Crippen LogP contribution is 2.48. The van der Waals surface area contributed by atoms with E-state index in [-0.39, 0.29) is 5.12 Å². The third-order valence-corrected chi connectivity index (χ3v) is 5.26. The zero-order chi connectivity index (χ0) is 9.47. The molecule has 2 rings (SSSR count). The summed E-state index contributed by atoms with van der Waals surface area (Å²) in [6, 6.07) is 0. The van der Waals surface area contributed by atoms with Crippen LogP contribution in [-0.2, 0) is 9.47 Å². The summed E-state index contributed by atoms with van der Waals surface area (Å²) in [6.45, 7) is 8.24. The Morgan fingerprint density at radius 2 is 1.69 bits per heavy atom. The molecule has 2 heterocycles. The van der Waals surface area contributed by atoms with E-state index >= 15 is 0 Å². The van der Waals surface area contributed by atoms with Crippen LogP contribution in [0.2, 0.25) is 0 Å². The van der Waals surface area contributed by atoms with Crippen molar-refractivity contribution in [3.63, 3.8) is 0 Å². The van der Waals surface area contributed by atoms with Crippen LogP contribution in [0.15, 0.2) is 0 Å². The first kappa shape index (κ1) is 10.1. The third-order valence-electron chi connectivity index (χ3n) is 2.34. The molecule has 76 valence electrons. The van der Waals surface area contributed by atoms with Crippen LogP contribution in [0.1, 0.15) is 20.8 Å². The monoisotopic (exact) mass is 220 g/mol. The minimum Gasteiger partial charge on any atom is -0.339 e. The van der Waals surface area contributed by atoms with Crippen LogP contribution < -0.4 is 0 Å². The fourth-order valence-corrected chi connectivity index (χ4v) is 4.33. The Morgan fingerprint density at radius 3 is 2.15 bits per heavy atom. The Morgan fingerprint density at radius 1 is 1.08 bits per heavy atom. The van der Waals surface area contributed by atoms with Crippen molar-refractivity contribution in [3.8, 4) is 0 Å². The van der Waals surface area contributed by atoms with Gasteiger partial charge in [0.25, 0.3) is 0 Å². The molecule has 0 bridgehead atoms. The van der Waals surface area contributed by atoms with E-state index < -0.39 is 0 Å². The first-order chi connectivity index (χ1) is 6.12. The molecule has 0 aliphatic carbocycles. The highest BCUT2D eigenvalue weighted by Gasteiger charge is 2.49. The summed E-state index contributed by atoms with van der Waals surface area (Å²) < 4.78 is 11.6. The summed E-state index contributed by atoms with van der Waals surface area (Å²) in [5.41, 5.74) is 0. The van der Waals surface area contributed by atoms with Gasteiger partial charge in [-0.05, 0) is 6.92 Å². The Hall–Kier alpha value is 0.620. The molecule has 4 heteroatoms. The normalized spacial score (nSPS) is 51.5. The molecule has 0 radical (unpaired) electrons. The Kier molecular flexibility index (Phi) is 2.85. The molecule has 0 amide bonds. The van der Waals surface area contributed by atoms with Crippen molar-refractivity contribution >= 4 is 23.5 Å². The van der Waals surface area contributed by atoms with Gasteiger partial charge in [-0.15, -0.1) is 11.8 Å². The molecule has 13 heavy (non-hydrogen) atoms. The van der Waals surface area contributed by atoms with Crippen LogP contribution in [-0.4, -0.2) is 34.1 Å². The van der Waals surface area contributed by atoms with E-state index in [2.05, 4.69) is 20.8 Å². The van der Waals surface area contributed by atoms with Gasteiger partial charge in [0.15, 0.2) is 0 Å². The van der Waals surface area contributed by atoms with Crippen LogP contribution in [0.3, 0.4) is 0 Å². The van der Waals surface area contributed by atoms with Crippen LogP contribution in [0.4, 0.5) is 0 Å². The predicted molar refractivity (Wildman–Crippen MR) is 58.2 cm³/mol. The van der Waals surface area contributed by atoms with Crippen LogP contribution >= 0.6 is 23.5 Å². The zero-order valence-corrected chi connectivity index (χ0v) is 9.91. The average molecular weight is 220 g/mol. The lowest BCUT2D eigenvalue weighted by Crippen LogP contribution is -2.44. The van der Waals surface area contributed by atoms with E-state index in [4.69, 9.17) is 9.47 Å². The summed E-state index contributed by atoms with van der Waals surface area (Å²) in [4.78, 5) is 0. The summed E-state index contributed by atoms with van der Waals surface area (Å²) in [5, 5.41) is 1.26. The quantitative estimate of drug-likeness (QED) is 0.623. The molecule has 1 spiro atoms. The maximum atomic E-state index is 5.84. The lowest BCUT2D eigenvalue weighted by Gasteiger charge is -2.39. The number of thioether (sulfide) groups is 2. The summed E-state index contributed by atoms with van der Waals surface area (Å²) in [6.07, 6.45) is 0. The maximum absolute atomic E-state index is 5.84. The van der Waals surface area contributed by atoms with Crippen LogP contribution in [0.25, 0.3) is 0 Å². The molecule has 2 aliphatic heterocycles. The van der Waals surface area contributed by atoms with Gasteiger partial charge in [0.05, 0.1) is 18.5 Å². The van der Waals surface area contributed by atoms with E-state index in [1.165, 1.54) is 0 Å². The minimum atomic E-state index is -0.337. The van der Waals surface area contributed by atoms with E-state index in [0.29, 0.717) is 15.7 Å². The van der Waals surface area contributed by atoms with Crippen LogP contribution in [0, 0.1) is 0 Å². The highest BCUT2D eigenvalue weighted by molar-refractivity contribution is 8.04. The number of hydrogen-bond donors (Lipinski definition) is 0. The highest BCUT2D eigenvalue weighted by atomic mass is 32.2. The van der Waals surface area contributed by atoms with Gasteiger partial charge in [0.1, 0.15) is 0 Å². The van der Waals surface area contributed by atoms with Gasteiger partial charge in [-0.3, -0.25) is 0 Å². The fourth-order valence-electron chi connectivity index (χ4n) is 1.69. The van der Waals surface area contributed by atoms with Gasteiger partial charge in [-0.2, -0.15) is 0 Å². The van der Waals surface area contributed by atoms with Crippen molar-refractivity contribution in [1.82, 2.24) is 0 Å². The topological polar surface area (TPSA) is 18.5 Å². The second-order valence-electron chi connectivity index (χ2n) is 3.74. The molecule has 2 aliphatic rings. The smallest absolute Gasteiger partial charge is 0.230 e. The van der Waals surface area contributed by atoms with E-state index in [0.717, 1.165) is 13.2 Å². The molecular weight excluding hydrogens is 204 g/mol. The van der Waals surface area contributed by atoms with Gasteiger partial charge in [0.2, 0.25) is 5.12 Å². The van der Waals surface area contributed by atoms with Gasteiger partial charge in [0, 0.05) is 10.5 Å². The van der Waals surface area contributed by atoms with Gasteiger partial charge < -0.3 is 9.47 Å². The molecule has 0 aromatic carbocycles. The van der Waals surface area contributed by atoms with Crippen molar-refractivity contribution in [3.05, 3.63) is 0 Å². The Labute approximate surface area is 88.1 Å². The fraction of sp³-hybridized carbons (Fsp3) is 1.00. The molecule has 0 aromatic heterocycles. The summed E-state index contributed by atoms with van der Waals surface area (Å²) >= 11 is 3.80. The van der Waals surface area contributed by atoms with Crippen molar-refractivity contribution < 1.29 is 9.47 Å². The second kappa shape index (κ2) is 3.65. The van der Waals surface area contributed by atoms with E-state index in [9.17, 15) is 0 Å². The van der Waals surface area contributed by atoms with E-state index in [1.807, 2.05) is 23.5 Å². The minimum absolute atomic E-state index is 0.337. The predicted octanol–water partition coefficient (Wildman–Crippen LogP) is 2.33. The standard InChI is InChI=1S/C9H16O2S2/c1-6-4-10-9(8(3)12-6)11-5-7(2)13-9/h6-8H,4-5H2,1-3H3. The first-order valence-corrected chi connectivity index (χ1v) is 6.56. The molecular formula is C9H16O2S2. The summed E-state index contributed by atoms with van der Waals surface area (Å²) in [5.74, 6) is 0. The van der Waals surface area contributed by atoms with Crippen molar-refractivity contribution in [1.29, 1.82) is 0 Å². The zero-order valence-electron chi connectivity index (χ0n) is 8.28. The second-order valence-corrected chi connectivity index (χ2v) is 7.14. The summed E-state index contributed by atoms with van der Waals surface area (Å²) in [7, 11) is 0. The SMILES string of the molecule is CC1COC2(OCC(C)S2)C(C)S1. The Balaban J connectivity index is 2.06. The maximum Gasteiger partial charge on any atom is 0.230 e. The van der Waals surface area contributed by atoms with Gasteiger partial charge in [-0.1, -0.05) is 25.6 Å². The number of hydrogen-bond acceptors (Lipinski definition) is 4. The Bertz CT molecular complexity index is 200. The third kappa shape index (κ3) is 1.87. The molecule has 0 saturated carbocycles. The molecule has 0 aromatic rings. The van der Waals surface area contributed by atoms with Crippen molar-refractivity contribution in [2.75, 3.05) is 13.2 Å². The average Bonchev–Trinajstić information content (AvgIpc) is 2.43. The number of rotatable bonds is 0. The van der Waals surface area contributed by atoms with E-state index in [1.54, 1.807) is 0 Å². The molecule has 4 atom stereocenters. The lowest BCUT2D eigenvalue weighted by atomic mass is 10.4.